The maximum absolute atomic E-state index is 12.6. The molecule has 2 aromatic carbocycles. The van der Waals surface area contributed by atoms with Crippen molar-refractivity contribution in [1.29, 1.82) is 0 Å². The molecule has 1 saturated heterocycles. The van der Waals surface area contributed by atoms with Crippen molar-refractivity contribution in [1.82, 2.24) is 34.1 Å². The first-order valence-electron chi connectivity index (χ1n) is 15.4. The summed E-state index contributed by atoms with van der Waals surface area (Å²) in [5.41, 5.74) is 9.31. The van der Waals surface area contributed by atoms with E-state index in [1.54, 1.807) is 22.9 Å². The van der Waals surface area contributed by atoms with Gasteiger partial charge in [0, 0.05) is 55.5 Å². The minimum absolute atomic E-state index is 0.230. The highest BCUT2D eigenvalue weighted by Gasteiger charge is 2.24. The molecule has 5 aromatic rings. The van der Waals surface area contributed by atoms with Gasteiger partial charge in [0.25, 0.3) is 0 Å². The van der Waals surface area contributed by atoms with E-state index in [0.29, 0.717) is 90.6 Å². The first-order valence-corrected chi connectivity index (χ1v) is 17.3. The Labute approximate surface area is 278 Å². The molecule has 15 nitrogen and oxygen atoms in total. The number of rotatable bonds is 9. The van der Waals surface area contributed by atoms with E-state index in [1.807, 2.05) is 57.2 Å². The van der Waals surface area contributed by atoms with Crippen LogP contribution in [-0.4, -0.2) is 94.1 Å². The van der Waals surface area contributed by atoms with Crippen LogP contribution in [0.5, 0.6) is 5.75 Å². The quantitative estimate of drug-likeness (QED) is 0.206. The van der Waals surface area contributed by atoms with Crippen LogP contribution in [0.4, 0.5) is 22.1 Å². The Kier molecular flexibility index (Phi) is 9.05. The normalized spacial score (nSPS) is 14.7. The van der Waals surface area contributed by atoms with Gasteiger partial charge in [-0.05, 0) is 48.5 Å². The van der Waals surface area contributed by atoms with Crippen molar-refractivity contribution in [2.75, 3.05) is 62.0 Å². The number of benzene rings is 2. The SMILES string of the molecule is CC(C)(C)c1cc(NC(=O)Nc2ccc(-n3nc(-c4ccc(OCCN5CCN(S(C)(=O)=O)CC5)cc4)c4c(N)ncnc43)cc2)no1. The highest BCUT2D eigenvalue weighted by Crippen LogP contribution is 2.33. The molecule has 4 N–H and O–H groups in total. The second-order valence-electron chi connectivity index (χ2n) is 12.5. The topological polar surface area (TPSA) is 187 Å². The number of urea groups is 1. The second kappa shape index (κ2) is 13.2. The van der Waals surface area contributed by atoms with E-state index in [1.165, 1.54) is 16.9 Å². The van der Waals surface area contributed by atoms with Crippen LogP contribution >= 0.6 is 0 Å². The van der Waals surface area contributed by atoms with E-state index in [0.717, 1.165) is 5.56 Å². The van der Waals surface area contributed by atoms with Gasteiger partial charge in [0.05, 0.1) is 17.3 Å². The fraction of sp³-hybridized carbons (Fsp3) is 0.344. The molecule has 0 spiro atoms. The number of nitrogens with one attached hydrogen (secondary N) is 2. The highest BCUT2D eigenvalue weighted by molar-refractivity contribution is 7.88. The van der Waals surface area contributed by atoms with E-state index in [9.17, 15) is 13.2 Å². The number of fused-ring (bicyclic) bond motifs is 1. The van der Waals surface area contributed by atoms with Crippen molar-refractivity contribution in [3.8, 4) is 22.7 Å². The van der Waals surface area contributed by atoms with Gasteiger partial charge in [-0.2, -0.15) is 9.40 Å². The van der Waals surface area contributed by atoms with Crippen molar-refractivity contribution >= 4 is 44.4 Å². The number of nitrogens with zero attached hydrogens (tertiary/aromatic N) is 7. The Balaban J connectivity index is 1.11. The third kappa shape index (κ3) is 7.40. The van der Waals surface area contributed by atoms with Gasteiger partial charge < -0.3 is 20.3 Å². The van der Waals surface area contributed by atoms with Crippen molar-refractivity contribution in [2.45, 2.75) is 26.2 Å². The third-order valence-electron chi connectivity index (χ3n) is 7.96. The molecule has 6 rings (SSSR count). The Morgan fingerprint density at radius 3 is 2.35 bits per heavy atom. The van der Waals surface area contributed by atoms with Gasteiger partial charge >= 0.3 is 6.03 Å². The average Bonchev–Trinajstić information content (AvgIpc) is 3.68. The zero-order chi connectivity index (χ0) is 34.1. The van der Waals surface area contributed by atoms with Gasteiger partial charge in [-0.25, -0.2) is 27.9 Å². The molecule has 4 heterocycles. The number of nitrogens with two attached hydrogens (primary N) is 1. The van der Waals surface area contributed by atoms with Crippen molar-refractivity contribution in [3.63, 3.8) is 0 Å². The molecule has 3 aromatic heterocycles. The van der Waals surface area contributed by atoms with Gasteiger partial charge in [-0.3, -0.25) is 10.2 Å². The van der Waals surface area contributed by atoms with Crippen LogP contribution in [0.2, 0.25) is 0 Å². The minimum atomic E-state index is -3.16. The summed E-state index contributed by atoms with van der Waals surface area (Å²) in [4.78, 5) is 23.4. The predicted octanol–water partition coefficient (Wildman–Crippen LogP) is 3.95. The first-order chi connectivity index (χ1) is 22.8. The van der Waals surface area contributed by atoms with Crippen molar-refractivity contribution < 1.29 is 22.5 Å². The fourth-order valence-corrected chi connectivity index (χ4v) is 6.12. The fourth-order valence-electron chi connectivity index (χ4n) is 5.30. The lowest BCUT2D eigenvalue weighted by molar-refractivity contribution is 0.159. The summed E-state index contributed by atoms with van der Waals surface area (Å²) in [5, 5.41) is 14.9. The maximum atomic E-state index is 12.6. The van der Waals surface area contributed by atoms with Crippen LogP contribution < -0.4 is 21.1 Å². The van der Waals surface area contributed by atoms with Crippen LogP contribution in [0.1, 0.15) is 26.5 Å². The molecule has 252 valence electrons. The number of piperazine rings is 1. The lowest BCUT2D eigenvalue weighted by Crippen LogP contribution is -2.49. The molecule has 1 aliphatic heterocycles. The number of hydrogen-bond donors (Lipinski definition) is 3. The number of nitrogen functional groups attached to an aromatic ring is 1. The predicted molar refractivity (Wildman–Crippen MR) is 183 cm³/mol. The smallest absolute Gasteiger partial charge is 0.324 e. The highest BCUT2D eigenvalue weighted by atomic mass is 32.2. The van der Waals surface area contributed by atoms with Crippen LogP contribution in [0.3, 0.4) is 0 Å². The number of aromatic nitrogens is 5. The number of carbonyl (C=O) groups excluding carboxylic acids is 1. The zero-order valence-electron chi connectivity index (χ0n) is 27.2. The molecule has 48 heavy (non-hydrogen) atoms. The molecule has 0 unspecified atom stereocenters. The molecule has 2 amide bonds. The number of ether oxygens (including phenoxy) is 1. The lowest BCUT2D eigenvalue weighted by Gasteiger charge is -2.33. The average molecular weight is 675 g/mol. The first kappa shape index (κ1) is 32.9. The van der Waals surface area contributed by atoms with Crippen LogP contribution in [0.15, 0.2) is 65.4 Å². The van der Waals surface area contributed by atoms with E-state index >= 15 is 0 Å². The Bertz CT molecular complexity index is 2010. The molecular formula is C32H38N10O5S. The number of carbonyl (C=O) groups is 1. The minimum Gasteiger partial charge on any atom is -0.492 e. The van der Waals surface area contributed by atoms with Crippen molar-refractivity contribution in [3.05, 3.63) is 66.7 Å². The lowest BCUT2D eigenvalue weighted by atomic mass is 9.93. The van der Waals surface area contributed by atoms with Gasteiger partial charge in [-0.15, -0.1) is 0 Å². The molecule has 0 atom stereocenters. The van der Waals surface area contributed by atoms with Gasteiger partial charge in [0.2, 0.25) is 10.0 Å². The number of sulfonamides is 1. The van der Waals surface area contributed by atoms with Gasteiger partial charge in [0.15, 0.2) is 11.5 Å². The van der Waals surface area contributed by atoms with Crippen LogP contribution in [-0.2, 0) is 15.4 Å². The molecular weight excluding hydrogens is 636 g/mol. The number of amides is 2. The van der Waals surface area contributed by atoms with E-state index in [4.69, 9.17) is 20.1 Å². The second-order valence-corrected chi connectivity index (χ2v) is 14.5. The van der Waals surface area contributed by atoms with Crippen LogP contribution in [0.25, 0.3) is 28.0 Å². The molecule has 0 saturated carbocycles. The zero-order valence-corrected chi connectivity index (χ0v) is 28.0. The van der Waals surface area contributed by atoms with Gasteiger partial charge in [0.1, 0.15) is 36.0 Å². The largest absolute Gasteiger partial charge is 0.492 e. The summed E-state index contributed by atoms with van der Waals surface area (Å²) in [6.07, 6.45) is 2.64. The van der Waals surface area contributed by atoms with Crippen LogP contribution in [0, 0.1) is 0 Å². The summed E-state index contributed by atoms with van der Waals surface area (Å²) >= 11 is 0. The van der Waals surface area contributed by atoms with E-state index in [2.05, 4.69) is 30.7 Å². The van der Waals surface area contributed by atoms with Gasteiger partial charge in [-0.1, -0.05) is 25.9 Å². The maximum Gasteiger partial charge on any atom is 0.324 e. The van der Waals surface area contributed by atoms with E-state index < -0.39 is 16.1 Å². The summed E-state index contributed by atoms with van der Waals surface area (Å²) < 4.78 is 38.0. The molecule has 1 aliphatic rings. The molecule has 16 heteroatoms. The molecule has 0 bridgehead atoms. The Morgan fingerprint density at radius 2 is 1.71 bits per heavy atom. The molecule has 0 radical (unpaired) electrons. The summed E-state index contributed by atoms with van der Waals surface area (Å²) in [7, 11) is -3.16. The Morgan fingerprint density at radius 1 is 1.00 bits per heavy atom. The summed E-state index contributed by atoms with van der Waals surface area (Å²) in [6, 6.07) is 15.9. The number of anilines is 3. The molecule has 0 aliphatic carbocycles. The van der Waals surface area contributed by atoms with Crippen molar-refractivity contribution in [2.24, 2.45) is 0 Å². The number of hydrogen-bond acceptors (Lipinski definition) is 11. The summed E-state index contributed by atoms with van der Waals surface area (Å²) in [6.45, 7) is 9.48. The molecule has 1 fully saturated rings. The standard InChI is InChI=1S/C32H38N10O5S/c1-32(2,3)25-19-26(39-47-25)37-31(43)36-22-7-9-23(10-8-22)42-30-27(29(33)34-20-35-30)28(38-42)21-5-11-24(12-6-21)46-18-17-40-13-15-41(16-14-40)48(4,44)45/h5-12,19-20H,13-18H2,1-4H3,(H2,33,34,35)(H2,36,37,39,43). The van der Waals surface area contributed by atoms with E-state index in [-0.39, 0.29) is 5.41 Å². The summed E-state index contributed by atoms with van der Waals surface area (Å²) in [5.74, 6) is 1.99. The monoisotopic (exact) mass is 674 g/mol. The third-order valence-corrected chi connectivity index (χ3v) is 9.26. The Hall–Kier alpha value is -5.06.